The summed E-state index contributed by atoms with van der Waals surface area (Å²) in [6, 6.07) is 8.97. The van der Waals surface area contributed by atoms with E-state index in [1.165, 1.54) is 5.56 Å². The number of hydrogen-bond acceptors (Lipinski definition) is 4. The van der Waals surface area contributed by atoms with E-state index in [9.17, 15) is 5.11 Å². The van der Waals surface area contributed by atoms with Crippen molar-refractivity contribution in [2.24, 2.45) is 0 Å². The molecule has 2 aliphatic rings. The molecule has 3 atom stereocenters. The Morgan fingerprint density at radius 2 is 2.09 bits per heavy atom. The van der Waals surface area contributed by atoms with Crippen LogP contribution in [0.15, 0.2) is 24.3 Å². The molecule has 0 amide bonds. The Kier molecular flexibility index (Phi) is 5.92. The van der Waals surface area contributed by atoms with Gasteiger partial charge in [0.05, 0.1) is 12.7 Å². The molecular weight excluding hydrogens is 290 g/mol. The average Bonchev–Trinajstić information content (AvgIpc) is 2.56. The minimum Gasteiger partial charge on any atom is -0.488 e. The third-order valence-corrected chi connectivity index (χ3v) is 5.02. The highest BCUT2D eigenvalue weighted by Gasteiger charge is 2.23. The summed E-state index contributed by atoms with van der Waals surface area (Å²) in [6.45, 7) is 5.85. The molecule has 2 fully saturated rings. The smallest absolute Gasteiger partial charge is 0.122 e. The Balaban J connectivity index is 1.45. The van der Waals surface area contributed by atoms with Gasteiger partial charge in [-0.1, -0.05) is 12.1 Å². The lowest BCUT2D eigenvalue weighted by Crippen LogP contribution is -2.43. The zero-order valence-electron chi connectivity index (χ0n) is 14.1. The monoisotopic (exact) mass is 319 g/mol. The number of aliphatic hydroxyl groups is 1. The molecule has 4 nitrogen and oxygen atoms in total. The van der Waals surface area contributed by atoms with Crippen molar-refractivity contribution < 1.29 is 14.6 Å². The van der Waals surface area contributed by atoms with E-state index in [2.05, 4.69) is 36.1 Å². The second kappa shape index (κ2) is 8.13. The van der Waals surface area contributed by atoms with Crippen LogP contribution >= 0.6 is 0 Å². The molecule has 2 heterocycles. The maximum absolute atomic E-state index is 9.70. The van der Waals surface area contributed by atoms with E-state index in [0.29, 0.717) is 12.6 Å². The maximum atomic E-state index is 9.70. The number of likely N-dealkylation sites (tertiary alicyclic amines) is 1. The normalized spacial score (nSPS) is 29.4. The van der Waals surface area contributed by atoms with Crippen molar-refractivity contribution in [2.45, 2.75) is 57.3 Å². The standard InChI is InChI=1S/C19H29NO3/c1-15-13-17(21)9-11-20(15)10-8-16-4-6-18(7-5-16)23-19-3-2-12-22-14-19/h4-7,15,17,19,21H,2-3,8-14H2,1H3. The van der Waals surface area contributed by atoms with E-state index in [1.54, 1.807) is 0 Å². The Bertz CT molecular complexity index is 470. The molecule has 3 rings (SSSR count). The number of aliphatic hydroxyl groups excluding tert-OH is 1. The van der Waals surface area contributed by atoms with Crippen molar-refractivity contribution in [1.29, 1.82) is 0 Å². The molecule has 2 aliphatic heterocycles. The van der Waals surface area contributed by atoms with Crippen LogP contribution in [0.25, 0.3) is 0 Å². The maximum Gasteiger partial charge on any atom is 0.122 e. The zero-order valence-corrected chi connectivity index (χ0v) is 14.1. The van der Waals surface area contributed by atoms with Crippen molar-refractivity contribution in [3.8, 4) is 5.75 Å². The zero-order chi connectivity index (χ0) is 16.1. The van der Waals surface area contributed by atoms with Crippen molar-refractivity contribution >= 4 is 0 Å². The van der Waals surface area contributed by atoms with E-state index in [-0.39, 0.29) is 12.2 Å². The minimum absolute atomic E-state index is 0.110. The van der Waals surface area contributed by atoms with Crippen LogP contribution in [0.1, 0.15) is 38.2 Å². The number of nitrogens with zero attached hydrogens (tertiary/aromatic N) is 1. The highest BCUT2D eigenvalue weighted by molar-refractivity contribution is 5.27. The van der Waals surface area contributed by atoms with Gasteiger partial charge in [0.2, 0.25) is 0 Å². The van der Waals surface area contributed by atoms with Gasteiger partial charge in [-0.2, -0.15) is 0 Å². The summed E-state index contributed by atoms with van der Waals surface area (Å²) in [7, 11) is 0. The lowest BCUT2D eigenvalue weighted by Gasteiger charge is -2.35. The van der Waals surface area contributed by atoms with Gasteiger partial charge in [0.15, 0.2) is 0 Å². The molecule has 1 N–H and O–H groups in total. The van der Waals surface area contributed by atoms with Crippen LogP contribution in [-0.2, 0) is 11.2 Å². The second-order valence-corrected chi connectivity index (χ2v) is 6.91. The molecule has 1 aromatic carbocycles. The van der Waals surface area contributed by atoms with Crippen LogP contribution in [0.4, 0.5) is 0 Å². The molecule has 3 unspecified atom stereocenters. The topological polar surface area (TPSA) is 41.9 Å². The number of benzene rings is 1. The van der Waals surface area contributed by atoms with E-state index in [0.717, 1.165) is 57.6 Å². The molecule has 23 heavy (non-hydrogen) atoms. The summed E-state index contributed by atoms with van der Waals surface area (Å²) in [6.07, 6.45) is 5.12. The van der Waals surface area contributed by atoms with E-state index >= 15 is 0 Å². The van der Waals surface area contributed by atoms with E-state index < -0.39 is 0 Å². The van der Waals surface area contributed by atoms with E-state index in [4.69, 9.17) is 9.47 Å². The van der Waals surface area contributed by atoms with Gasteiger partial charge in [0.25, 0.3) is 0 Å². The molecule has 0 saturated carbocycles. The fourth-order valence-corrected chi connectivity index (χ4v) is 3.53. The van der Waals surface area contributed by atoms with Crippen LogP contribution in [0.2, 0.25) is 0 Å². The first-order valence-corrected chi connectivity index (χ1v) is 8.96. The minimum atomic E-state index is -0.110. The van der Waals surface area contributed by atoms with Crippen molar-refractivity contribution in [1.82, 2.24) is 4.90 Å². The Morgan fingerprint density at radius 1 is 1.26 bits per heavy atom. The summed E-state index contributed by atoms with van der Waals surface area (Å²) < 4.78 is 11.4. The largest absolute Gasteiger partial charge is 0.488 e. The molecule has 1 aromatic rings. The number of hydrogen-bond donors (Lipinski definition) is 1. The van der Waals surface area contributed by atoms with Gasteiger partial charge in [0, 0.05) is 25.7 Å². The fourth-order valence-electron chi connectivity index (χ4n) is 3.53. The average molecular weight is 319 g/mol. The molecule has 4 heteroatoms. The molecule has 0 bridgehead atoms. The van der Waals surface area contributed by atoms with Crippen LogP contribution in [0, 0.1) is 0 Å². The summed E-state index contributed by atoms with van der Waals surface area (Å²) in [5.41, 5.74) is 1.34. The quantitative estimate of drug-likeness (QED) is 0.906. The summed E-state index contributed by atoms with van der Waals surface area (Å²) >= 11 is 0. The predicted molar refractivity (Wildman–Crippen MR) is 90.9 cm³/mol. The molecule has 0 aliphatic carbocycles. The second-order valence-electron chi connectivity index (χ2n) is 6.91. The SMILES string of the molecule is CC1CC(O)CCN1CCc1ccc(OC2CCCOC2)cc1. The third-order valence-electron chi connectivity index (χ3n) is 5.02. The van der Waals surface area contributed by atoms with Gasteiger partial charge < -0.3 is 19.5 Å². The Hall–Kier alpha value is -1.10. The molecule has 0 spiro atoms. The predicted octanol–water partition coefficient (Wildman–Crippen LogP) is 2.63. The summed E-state index contributed by atoms with van der Waals surface area (Å²) in [4.78, 5) is 2.48. The van der Waals surface area contributed by atoms with Gasteiger partial charge in [0.1, 0.15) is 11.9 Å². The lowest BCUT2D eigenvalue weighted by atomic mass is 10.00. The summed E-state index contributed by atoms with van der Waals surface area (Å²) in [5.74, 6) is 0.943. The van der Waals surface area contributed by atoms with Crippen molar-refractivity contribution in [3.05, 3.63) is 29.8 Å². The Labute approximate surface area is 139 Å². The van der Waals surface area contributed by atoms with Crippen molar-refractivity contribution in [3.63, 3.8) is 0 Å². The highest BCUT2D eigenvalue weighted by atomic mass is 16.5. The first kappa shape index (κ1) is 16.7. The molecule has 2 saturated heterocycles. The number of rotatable bonds is 5. The Morgan fingerprint density at radius 3 is 2.78 bits per heavy atom. The molecule has 0 aromatic heterocycles. The number of piperidine rings is 1. The first-order chi connectivity index (χ1) is 11.2. The van der Waals surface area contributed by atoms with Crippen LogP contribution in [-0.4, -0.2) is 54.6 Å². The lowest BCUT2D eigenvalue weighted by molar-refractivity contribution is 0.00742. The molecule has 0 radical (unpaired) electrons. The van der Waals surface area contributed by atoms with Gasteiger partial charge in [-0.05, 0) is 56.7 Å². The van der Waals surface area contributed by atoms with Gasteiger partial charge in [-0.3, -0.25) is 0 Å². The van der Waals surface area contributed by atoms with Crippen molar-refractivity contribution in [2.75, 3.05) is 26.3 Å². The van der Waals surface area contributed by atoms with E-state index in [1.807, 2.05) is 0 Å². The number of ether oxygens (including phenoxy) is 2. The fraction of sp³-hybridized carbons (Fsp3) is 0.684. The third kappa shape index (κ3) is 4.93. The highest BCUT2D eigenvalue weighted by Crippen LogP contribution is 2.20. The van der Waals surface area contributed by atoms with Crippen LogP contribution in [0.3, 0.4) is 0 Å². The van der Waals surface area contributed by atoms with Gasteiger partial charge in [-0.25, -0.2) is 0 Å². The summed E-state index contributed by atoms with van der Waals surface area (Å²) in [5, 5.41) is 9.70. The first-order valence-electron chi connectivity index (χ1n) is 8.96. The molecular formula is C19H29NO3. The van der Waals surface area contributed by atoms with Gasteiger partial charge >= 0.3 is 0 Å². The van der Waals surface area contributed by atoms with Crippen LogP contribution in [0.5, 0.6) is 5.75 Å². The van der Waals surface area contributed by atoms with Gasteiger partial charge in [-0.15, -0.1) is 0 Å². The molecule has 128 valence electrons. The van der Waals surface area contributed by atoms with Crippen LogP contribution < -0.4 is 4.74 Å².